The lowest BCUT2D eigenvalue weighted by Crippen LogP contribution is -2.44. The Kier molecular flexibility index (Phi) is 4.84. The van der Waals surface area contributed by atoms with Crippen molar-refractivity contribution in [1.82, 2.24) is 15.1 Å². The molecule has 1 saturated carbocycles. The van der Waals surface area contributed by atoms with Crippen molar-refractivity contribution in [3.63, 3.8) is 0 Å². The third kappa shape index (κ3) is 3.44. The number of aromatic amines is 1. The van der Waals surface area contributed by atoms with Gasteiger partial charge in [-0.15, -0.1) is 0 Å². The molecule has 0 radical (unpaired) electrons. The number of anilines is 1. The number of hydrogen-bond acceptors (Lipinski definition) is 4. The molecule has 2 fully saturated rings. The number of piperazine rings is 1. The van der Waals surface area contributed by atoms with Gasteiger partial charge in [0.1, 0.15) is 0 Å². The third-order valence-corrected chi connectivity index (χ3v) is 6.65. The second-order valence-electron chi connectivity index (χ2n) is 8.49. The van der Waals surface area contributed by atoms with Crippen LogP contribution in [0.2, 0.25) is 0 Å². The Bertz CT molecular complexity index is 1080. The first-order chi connectivity index (χ1) is 14.2. The summed E-state index contributed by atoms with van der Waals surface area (Å²) in [5, 5.41) is 8.86. The van der Waals surface area contributed by atoms with E-state index in [1.807, 2.05) is 24.3 Å². The number of H-pyrrole nitrogens is 1. The van der Waals surface area contributed by atoms with Gasteiger partial charge >= 0.3 is 0 Å². The summed E-state index contributed by atoms with van der Waals surface area (Å²) in [7, 11) is 2.19. The largest absolute Gasteiger partial charge is 0.369 e. The number of nitrogens with one attached hydrogen (secondary N) is 1. The molecule has 0 spiro atoms. The van der Waals surface area contributed by atoms with Crippen LogP contribution in [0.15, 0.2) is 47.3 Å². The van der Waals surface area contributed by atoms with Gasteiger partial charge in [0.15, 0.2) is 0 Å². The van der Waals surface area contributed by atoms with Crippen LogP contribution in [0.1, 0.15) is 37.2 Å². The molecule has 0 atom stereocenters. The Morgan fingerprint density at radius 2 is 1.69 bits per heavy atom. The summed E-state index contributed by atoms with van der Waals surface area (Å²) in [4.78, 5) is 17.2. The van der Waals surface area contributed by atoms with Gasteiger partial charge in [-0.3, -0.25) is 4.79 Å². The number of benzene rings is 2. The minimum atomic E-state index is -0.124. The maximum absolute atomic E-state index is 12.3. The molecule has 5 rings (SSSR count). The van der Waals surface area contributed by atoms with Gasteiger partial charge in [-0.25, -0.2) is 5.10 Å². The normalized spacial score (nSPS) is 18.6. The van der Waals surface area contributed by atoms with E-state index >= 15 is 0 Å². The monoisotopic (exact) mass is 388 g/mol. The summed E-state index contributed by atoms with van der Waals surface area (Å²) in [5.41, 5.74) is 4.65. The van der Waals surface area contributed by atoms with E-state index in [1.54, 1.807) is 0 Å². The summed E-state index contributed by atoms with van der Waals surface area (Å²) in [6.07, 6.45) is 5.06. The molecule has 0 amide bonds. The average molecular weight is 389 g/mol. The van der Waals surface area contributed by atoms with Crippen molar-refractivity contribution in [3.05, 3.63) is 58.4 Å². The molecule has 150 valence electrons. The van der Waals surface area contributed by atoms with Crippen LogP contribution in [0.25, 0.3) is 22.0 Å². The number of rotatable bonds is 3. The lowest BCUT2D eigenvalue weighted by molar-refractivity contribution is 0.313. The maximum Gasteiger partial charge on any atom is 0.272 e. The highest BCUT2D eigenvalue weighted by Crippen LogP contribution is 2.41. The molecular weight excluding hydrogens is 360 g/mol. The molecule has 1 aromatic heterocycles. The van der Waals surface area contributed by atoms with E-state index in [1.165, 1.54) is 42.5 Å². The summed E-state index contributed by atoms with van der Waals surface area (Å²) in [6, 6.07) is 14.7. The smallest absolute Gasteiger partial charge is 0.272 e. The molecule has 29 heavy (non-hydrogen) atoms. The Labute approximate surface area is 171 Å². The van der Waals surface area contributed by atoms with E-state index in [0.717, 1.165) is 37.3 Å². The van der Waals surface area contributed by atoms with Crippen molar-refractivity contribution in [1.29, 1.82) is 0 Å². The van der Waals surface area contributed by atoms with Crippen LogP contribution in [0.5, 0.6) is 0 Å². The van der Waals surface area contributed by atoms with Crippen molar-refractivity contribution in [2.45, 2.75) is 31.6 Å². The topological polar surface area (TPSA) is 52.2 Å². The molecule has 2 heterocycles. The Morgan fingerprint density at radius 1 is 0.966 bits per heavy atom. The predicted molar refractivity (Wildman–Crippen MR) is 119 cm³/mol. The second kappa shape index (κ2) is 7.64. The van der Waals surface area contributed by atoms with E-state index < -0.39 is 0 Å². The van der Waals surface area contributed by atoms with E-state index in [-0.39, 0.29) is 5.56 Å². The fraction of sp³-hybridized carbons (Fsp3) is 0.417. The zero-order valence-electron chi connectivity index (χ0n) is 17.0. The lowest BCUT2D eigenvalue weighted by atomic mass is 9.89. The summed E-state index contributed by atoms with van der Waals surface area (Å²) in [5.74, 6) is 0.574. The van der Waals surface area contributed by atoms with Gasteiger partial charge in [-0.2, -0.15) is 5.10 Å². The number of aromatic nitrogens is 2. The first-order valence-corrected chi connectivity index (χ1v) is 10.8. The molecule has 1 aliphatic carbocycles. The van der Waals surface area contributed by atoms with Gasteiger partial charge in [-0.05, 0) is 49.6 Å². The number of fused-ring (bicyclic) bond motifs is 1. The van der Waals surface area contributed by atoms with Crippen molar-refractivity contribution in [2.75, 3.05) is 38.1 Å². The first kappa shape index (κ1) is 18.4. The van der Waals surface area contributed by atoms with Crippen molar-refractivity contribution in [2.24, 2.45) is 0 Å². The quantitative estimate of drug-likeness (QED) is 0.737. The standard InChI is InChI=1S/C24H28N4O/c1-27-12-14-28(15-13-27)18-10-11-20(22(16-18)17-6-2-3-7-17)23-19-8-4-5-9-21(19)24(29)26-25-23/h4-5,8-11,16-17H,2-3,6-7,12-15H2,1H3,(H,26,29). The highest BCUT2D eigenvalue weighted by Gasteiger charge is 2.24. The molecule has 2 aromatic carbocycles. The Hall–Kier alpha value is -2.66. The zero-order chi connectivity index (χ0) is 19.8. The van der Waals surface area contributed by atoms with Crippen molar-refractivity contribution >= 4 is 16.5 Å². The van der Waals surface area contributed by atoms with Crippen LogP contribution in [-0.2, 0) is 0 Å². The van der Waals surface area contributed by atoms with Gasteiger partial charge in [0.2, 0.25) is 0 Å². The summed E-state index contributed by atoms with van der Waals surface area (Å²) >= 11 is 0. The SMILES string of the molecule is CN1CCN(c2ccc(-c3n[nH]c(=O)c4ccccc34)c(C3CCCC3)c2)CC1. The van der Waals surface area contributed by atoms with E-state index in [4.69, 9.17) is 0 Å². The molecule has 0 bridgehead atoms. The number of nitrogens with zero attached hydrogens (tertiary/aromatic N) is 3. The minimum absolute atomic E-state index is 0.124. The maximum atomic E-state index is 12.3. The molecule has 2 aliphatic rings. The number of hydrogen-bond donors (Lipinski definition) is 1. The van der Waals surface area contributed by atoms with Gasteiger partial charge in [0.25, 0.3) is 5.56 Å². The third-order valence-electron chi connectivity index (χ3n) is 6.65. The molecule has 5 nitrogen and oxygen atoms in total. The molecule has 0 unspecified atom stereocenters. The van der Waals surface area contributed by atoms with Gasteiger partial charge < -0.3 is 9.80 Å². The van der Waals surface area contributed by atoms with Crippen molar-refractivity contribution in [3.8, 4) is 11.3 Å². The molecule has 1 aliphatic heterocycles. The molecule has 1 saturated heterocycles. The van der Waals surface area contributed by atoms with Gasteiger partial charge in [0, 0.05) is 42.8 Å². The van der Waals surface area contributed by atoms with E-state index in [2.05, 4.69) is 45.2 Å². The highest BCUT2D eigenvalue weighted by molar-refractivity contribution is 5.94. The first-order valence-electron chi connectivity index (χ1n) is 10.8. The Morgan fingerprint density at radius 3 is 2.45 bits per heavy atom. The molecule has 3 aromatic rings. The van der Waals surface area contributed by atoms with Crippen LogP contribution in [0.3, 0.4) is 0 Å². The fourth-order valence-corrected chi connectivity index (χ4v) is 4.92. The molecule has 1 N–H and O–H groups in total. The summed E-state index contributed by atoms with van der Waals surface area (Å²) in [6.45, 7) is 4.35. The number of likely N-dealkylation sites (N-methyl/N-ethyl adjacent to an activating group) is 1. The van der Waals surface area contributed by atoms with Crippen LogP contribution < -0.4 is 10.5 Å². The zero-order valence-corrected chi connectivity index (χ0v) is 17.0. The van der Waals surface area contributed by atoms with E-state index in [9.17, 15) is 4.79 Å². The highest BCUT2D eigenvalue weighted by atomic mass is 16.1. The molecular formula is C24H28N4O. The lowest BCUT2D eigenvalue weighted by Gasteiger charge is -2.34. The van der Waals surface area contributed by atoms with Crippen LogP contribution in [0, 0.1) is 0 Å². The second-order valence-corrected chi connectivity index (χ2v) is 8.49. The minimum Gasteiger partial charge on any atom is -0.369 e. The molecule has 5 heteroatoms. The Balaban J connectivity index is 1.63. The van der Waals surface area contributed by atoms with Crippen LogP contribution >= 0.6 is 0 Å². The summed E-state index contributed by atoms with van der Waals surface area (Å²) < 4.78 is 0. The predicted octanol–water partition coefficient (Wildman–Crippen LogP) is 4.00. The van der Waals surface area contributed by atoms with Crippen molar-refractivity contribution < 1.29 is 0 Å². The fourth-order valence-electron chi connectivity index (χ4n) is 4.92. The van der Waals surface area contributed by atoms with Gasteiger partial charge in [0.05, 0.1) is 11.1 Å². The van der Waals surface area contributed by atoms with Crippen LogP contribution in [-0.4, -0.2) is 48.3 Å². The van der Waals surface area contributed by atoms with Gasteiger partial charge in [-0.1, -0.05) is 37.1 Å². The van der Waals surface area contributed by atoms with Crippen LogP contribution in [0.4, 0.5) is 5.69 Å². The average Bonchev–Trinajstić information content (AvgIpc) is 3.29. The van der Waals surface area contributed by atoms with E-state index in [0.29, 0.717) is 11.3 Å².